The fourth-order valence-corrected chi connectivity index (χ4v) is 4.06. The molecule has 2 aromatic rings. The summed E-state index contributed by atoms with van der Waals surface area (Å²) in [5.41, 5.74) is 1.44. The van der Waals surface area contributed by atoms with Crippen LogP contribution in [0.5, 0.6) is 5.75 Å². The van der Waals surface area contributed by atoms with E-state index in [1.807, 2.05) is 6.92 Å². The highest BCUT2D eigenvalue weighted by atomic mass is 32.2. The molecule has 4 heteroatoms. The van der Waals surface area contributed by atoms with Crippen molar-refractivity contribution in [1.82, 2.24) is 0 Å². The Morgan fingerprint density at radius 3 is 2.57 bits per heavy atom. The van der Waals surface area contributed by atoms with Gasteiger partial charge in [0.2, 0.25) is 0 Å². The molecule has 114 valence electrons. The van der Waals surface area contributed by atoms with E-state index in [4.69, 9.17) is 9.47 Å². The second-order valence-electron chi connectivity index (χ2n) is 5.12. The van der Waals surface area contributed by atoms with Crippen LogP contribution in [0.4, 0.5) is 4.70 Å². The van der Waals surface area contributed by atoms with Crippen molar-refractivity contribution in [2.45, 2.75) is 31.3 Å². The topological polar surface area (TPSA) is 18.5 Å². The average Bonchev–Trinajstić information content (AvgIpc) is 3.01. The third-order valence-corrected chi connectivity index (χ3v) is 5.24. The number of ether oxygens (including phenoxy) is 2. The number of thioether (sulfide) groups is 1. The van der Waals surface area contributed by atoms with E-state index in [9.17, 15) is 0 Å². The molecule has 1 aliphatic rings. The van der Waals surface area contributed by atoms with E-state index < -0.39 is 0 Å². The SMILES string of the molecule is COC(C)Oc1ccc(C2CCCS2)c2ccccc12.F. The lowest BCUT2D eigenvalue weighted by atomic mass is 9.99. The quantitative estimate of drug-likeness (QED) is 0.746. The first-order chi connectivity index (χ1) is 9.79. The van der Waals surface area contributed by atoms with E-state index in [2.05, 4.69) is 48.2 Å². The predicted molar refractivity (Wildman–Crippen MR) is 88.0 cm³/mol. The van der Waals surface area contributed by atoms with Gasteiger partial charge in [-0.15, -0.1) is 0 Å². The number of hydrogen-bond acceptors (Lipinski definition) is 3. The molecule has 2 nitrogen and oxygen atoms in total. The first-order valence-electron chi connectivity index (χ1n) is 7.12. The molecule has 1 saturated heterocycles. The Balaban J connectivity index is 0.00000161. The molecule has 21 heavy (non-hydrogen) atoms. The molecule has 3 rings (SSSR count). The first kappa shape index (κ1) is 16.1. The molecular weight excluding hydrogens is 287 g/mol. The molecule has 0 amide bonds. The molecule has 0 aliphatic carbocycles. The molecule has 0 N–H and O–H groups in total. The molecule has 0 bridgehead atoms. The summed E-state index contributed by atoms with van der Waals surface area (Å²) in [7, 11) is 1.66. The third kappa shape index (κ3) is 3.33. The Morgan fingerprint density at radius 1 is 1.14 bits per heavy atom. The lowest BCUT2D eigenvalue weighted by Gasteiger charge is -2.18. The molecule has 2 aromatic carbocycles. The van der Waals surface area contributed by atoms with Crippen LogP contribution in [0.2, 0.25) is 0 Å². The second kappa shape index (κ2) is 7.14. The molecule has 0 radical (unpaired) electrons. The van der Waals surface area contributed by atoms with Crippen molar-refractivity contribution in [3.63, 3.8) is 0 Å². The van der Waals surface area contributed by atoms with Crippen LogP contribution < -0.4 is 4.74 Å². The standard InChI is InChI=1S/C17H20O2S.FH/c1-12(18-2)19-16-10-9-15(17-8-5-11-20-17)13-6-3-4-7-14(13)16;/h3-4,6-7,9-10,12,17H,5,8,11H2,1-2H3;1H. The zero-order valence-corrected chi connectivity index (χ0v) is 13.2. The van der Waals surface area contributed by atoms with Gasteiger partial charge in [0.05, 0.1) is 0 Å². The first-order valence-corrected chi connectivity index (χ1v) is 8.17. The highest BCUT2D eigenvalue weighted by Crippen LogP contribution is 2.44. The maximum Gasteiger partial charge on any atom is 0.196 e. The number of hydrogen-bond donors (Lipinski definition) is 0. The average molecular weight is 308 g/mol. The fourth-order valence-electron chi connectivity index (χ4n) is 2.73. The second-order valence-corrected chi connectivity index (χ2v) is 6.43. The Bertz CT molecular complexity index is 596. The summed E-state index contributed by atoms with van der Waals surface area (Å²) in [5.74, 6) is 2.18. The van der Waals surface area contributed by atoms with Gasteiger partial charge < -0.3 is 9.47 Å². The van der Waals surface area contributed by atoms with E-state index in [-0.39, 0.29) is 11.0 Å². The van der Waals surface area contributed by atoms with Gasteiger partial charge in [0, 0.05) is 17.7 Å². The van der Waals surface area contributed by atoms with Gasteiger partial charge >= 0.3 is 0 Å². The summed E-state index contributed by atoms with van der Waals surface area (Å²) in [4.78, 5) is 0. The summed E-state index contributed by atoms with van der Waals surface area (Å²) >= 11 is 2.07. The van der Waals surface area contributed by atoms with Gasteiger partial charge in [0.1, 0.15) is 5.75 Å². The number of benzene rings is 2. The van der Waals surface area contributed by atoms with Gasteiger partial charge in [0.25, 0.3) is 0 Å². The summed E-state index contributed by atoms with van der Waals surface area (Å²) in [5, 5.41) is 3.13. The highest BCUT2D eigenvalue weighted by molar-refractivity contribution is 7.99. The van der Waals surface area contributed by atoms with Gasteiger partial charge in [-0.05, 0) is 42.5 Å². The Kier molecular flexibility index (Phi) is 5.48. The summed E-state index contributed by atoms with van der Waals surface area (Å²) < 4.78 is 11.1. The minimum atomic E-state index is -0.231. The normalized spacial score (nSPS) is 19.2. The van der Waals surface area contributed by atoms with E-state index >= 15 is 0 Å². The maximum atomic E-state index is 5.87. The molecule has 1 heterocycles. The van der Waals surface area contributed by atoms with Crippen LogP contribution in [0.1, 0.15) is 30.6 Å². The van der Waals surface area contributed by atoms with Crippen molar-refractivity contribution in [2.24, 2.45) is 0 Å². The smallest absolute Gasteiger partial charge is 0.196 e. The van der Waals surface area contributed by atoms with Gasteiger partial charge in [-0.3, -0.25) is 4.70 Å². The molecule has 0 saturated carbocycles. The fraction of sp³-hybridized carbons (Fsp3) is 0.412. The zero-order chi connectivity index (χ0) is 13.9. The van der Waals surface area contributed by atoms with Crippen LogP contribution >= 0.6 is 11.8 Å². The number of fused-ring (bicyclic) bond motifs is 1. The van der Waals surface area contributed by atoms with E-state index in [1.54, 1.807) is 7.11 Å². The van der Waals surface area contributed by atoms with Crippen molar-refractivity contribution in [3.05, 3.63) is 42.0 Å². The monoisotopic (exact) mass is 308 g/mol. The van der Waals surface area contributed by atoms with Crippen molar-refractivity contribution in [3.8, 4) is 5.75 Å². The Hall–Kier alpha value is -1.26. The molecule has 2 atom stereocenters. The van der Waals surface area contributed by atoms with Crippen molar-refractivity contribution in [2.75, 3.05) is 12.9 Å². The van der Waals surface area contributed by atoms with Crippen LogP contribution in [-0.2, 0) is 4.74 Å². The summed E-state index contributed by atoms with van der Waals surface area (Å²) in [6.45, 7) is 1.91. The van der Waals surface area contributed by atoms with Crippen LogP contribution in [-0.4, -0.2) is 19.2 Å². The molecule has 0 spiro atoms. The van der Waals surface area contributed by atoms with E-state index in [0.717, 1.165) is 5.75 Å². The molecule has 1 aliphatic heterocycles. The predicted octanol–water partition coefficient (Wildman–Crippen LogP) is 4.93. The van der Waals surface area contributed by atoms with Gasteiger partial charge in [-0.1, -0.05) is 30.3 Å². The maximum absolute atomic E-state index is 5.87. The van der Waals surface area contributed by atoms with Crippen molar-refractivity contribution in [1.29, 1.82) is 0 Å². The Morgan fingerprint density at radius 2 is 1.90 bits per heavy atom. The van der Waals surface area contributed by atoms with Crippen molar-refractivity contribution < 1.29 is 14.2 Å². The van der Waals surface area contributed by atoms with E-state index in [1.165, 1.54) is 34.9 Å². The lowest BCUT2D eigenvalue weighted by molar-refractivity contribution is -0.0373. The minimum Gasteiger partial charge on any atom is -0.465 e. The summed E-state index contributed by atoms with van der Waals surface area (Å²) in [6.07, 6.45) is 2.37. The summed E-state index contributed by atoms with van der Waals surface area (Å²) in [6, 6.07) is 12.8. The third-order valence-electron chi connectivity index (χ3n) is 3.82. The molecule has 2 unspecified atom stereocenters. The van der Waals surface area contributed by atoms with Crippen molar-refractivity contribution >= 4 is 22.5 Å². The highest BCUT2D eigenvalue weighted by Gasteiger charge is 2.20. The molecule has 1 fully saturated rings. The van der Waals surface area contributed by atoms with Crippen LogP contribution in [0.25, 0.3) is 10.8 Å². The van der Waals surface area contributed by atoms with Gasteiger partial charge in [-0.2, -0.15) is 11.8 Å². The van der Waals surface area contributed by atoms with Gasteiger partial charge in [0.15, 0.2) is 6.29 Å². The molecular formula is C17H21FO2S. The minimum absolute atomic E-state index is 0. The number of methoxy groups -OCH3 is 1. The van der Waals surface area contributed by atoms with E-state index in [0.29, 0.717) is 5.25 Å². The Labute approximate surface area is 129 Å². The van der Waals surface area contributed by atoms with Crippen LogP contribution in [0, 0.1) is 0 Å². The zero-order valence-electron chi connectivity index (χ0n) is 12.4. The van der Waals surface area contributed by atoms with Crippen LogP contribution in [0.15, 0.2) is 36.4 Å². The van der Waals surface area contributed by atoms with Crippen LogP contribution in [0.3, 0.4) is 0 Å². The number of halogens is 1. The van der Waals surface area contributed by atoms with Gasteiger partial charge in [-0.25, -0.2) is 0 Å². The number of rotatable bonds is 4. The lowest BCUT2D eigenvalue weighted by Crippen LogP contribution is -2.13. The largest absolute Gasteiger partial charge is 0.465 e. The molecule has 0 aromatic heterocycles.